The lowest BCUT2D eigenvalue weighted by Crippen LogP contribution is -2.36. The van der Waals surface area contributed by atoms with Gasteiger partial charge in [0.05, 0.1) is 0 Å². The smallest absolute Gasteiger partial charge is 0.212 e. The van der Waals surface area contributed by atoms with Crippen molar-refractivity contribution in [3.8, 4) is 0 Å². The highest BCUT2D eigenvalue weighted by atomic mass is 32.2. The summed E-state index contributed by atoms with van der Waals surface area (Å²) >= 11 is 0.369. The first kappa shape index (κ1) is 14.7. The highest BCUT2D eigenvalue weighted by Crippen LogP contribution is 2.31. The second-order valence-corrected chi connectivity index (χ2v) is 8.41. The van der Waals surface area contributed by atoms with Crippen LogP contribution in [0.4, 0.5) is 0 Å². The van der Waals surface area contributed by atoms with Crippen LogP contribution in [-0.4, -0.2) is 20.2 Å². The van der Waals surface area contributed by atoms with Gasteiger partial charge in [-0.1, -0.05) is 35.6 Å². The molecule has 6 heteroatoms. The monoisotopic (exact) mass is 311 g/mol. The van der Waals surface area contributed by atoms with E-state index >= 15 is 0 Å². The van der Waals surface area contributed by atoms with Gasteiger partial charge in [-0.25, -0.2) is 0 Å². The molecule has 0 spiro atoms. The molecule has 2 nitrogen and oxygen atoms in total. The maximum absolute atomic E-state index is 12.7. The van der Waals surface area contributed by atoms with E-state index < -0.39 is 16.5 Å². The number of thiophene rings is 1. The topological polar surface area (TPSA) is 49.1 Å². The van der Waals surface area contributed by atoms with Gasteiger partial charge in [0.1, 0.15) is 15.7 Å². The highest BCUT2D eigenvalue weighted by molar-refractivity contribution is 7.93. The van der Waals surface area contributed by atoms with Crippen LogP contribution in [0.2, 0.25) is 0 Å². The number of rotatable bonds is 3. The zero-order chi connectivity index (χ0) is 15.0. The summed E-state index contributed by atoms with van der Waals surface area (Å²) in [4.78, 5) is 1.88. The summed E-state index contributed by atoms with van der Waals surface area (Å²) in [7, 11) is 3.92. The van der Waals surface area contributed by atoms with Crippen LogP contribution < -0.4 is 5.73 Å². The molecule has 0 saturated carbocycles. The minimum atomic E-state index is -1.15. The first-order valence-corrected chi connectivity index (χ1v) is 8.71. The van der Waals surface area contributed by atoms with Crippen LogP contribution in [0, 0.1) is 0 Å². The maximum Gasteiger partial charge on any atom is 0.212 e. The molecule has 3 rings (SSSR count). The van der Waals surface area contributed by atoms with Gasteiger partial charge < -0.3 is 10.3 Å². The highest BCUT2D eigenvalue weighted by Gasteiger charge is 2.22. The third-order valence-electron chi connectivity index (χ3n) is 3.33. The Morgan fingerprint density at radius 1 is 1.00 bits per heavy atom. The lowest BCUT2D eigenvalue weighted by atomic mass is 9.62. The van der Waals surface area contributed by atoms with E-state index in [0.29, 0.717) is 0 Å². The molecule has 2 N–H and O–H groups in total. The zero-order valence-corrected chi connectivity index (χ0v) is 13.6. The first-order valence-electron chi connectivity index (χ1n) is 6.75. The SMILES string of the molecule is BC(B)(N)c1ccc([S+]([O-])c2ccc3ccccc3c2)s1. The van der Waals surface area contributed by atoms with Crippen molar-refractivity contribution < 1.29 is 4.55 Å². The van der Waals surface area contributed by atoms with Gasteiger partial charge >= 0.3 is 0 Å². The van der Waals surface area contributed by atoms with Crippen LogP contribution in [0.25, 0.3) is 10.8 Å². The Labute approximate surface area is 133 Å². The molecule has 0 fully saturated rings. The minimum Gasteiger partial charge on any atom is -0.606 e. The summed E-state index contributed by atoms with van der Waals surface area (Å²) < 4.78 is 13.6. The summed E-state index contributed by atoms with van der Waals surface area (Å²) in [6, 6.07) is 17.9. The van der Waals surface area contributed by atoms with E-state index in [-0.39, 0.29) is 0 Å². The molecule has 0 bridgehead atoms. The molecule has 1 unspecified atom stereocenters. The van der Waals surface area contributed by atoms with Crippen LogP contribution in [0.1, 0.15) is 4.88 Å². The molecule has 2 aromatic carbocycles. The molecule has 3 aromatic rings. The van der Waals surface area contributed by atoms with Crippen LogP contribution in [-0.2, 0) is 16.5 Å². The predicted molar refractivity (Wildman–Crippen MR) is 95.9 cm³/mol. The minimum absolute atomic E-state index is 0.392. The Kier molecular flexibility index (Phi) is 3.88. The van der Waals surface area contributed by atoms with Gasteiger partial charge in [-0.05, 0) is 34.3 Å². The second kappa shape index (κ2) is 5.54. The quantitative estimate of drug-likeness (QED) is 0.587. The Morgan fingerprint density at radius 3 is 2.38 bits per heavy atom. The largest absolute Gasteiger partial charge is 0.606 e. The van der Waals surface area contributed by atoms with E-state index in [9.17, 15) is 4.55 Å². The second-order valence-electron chi connectivity index (χ2n) is 5.62. The van der Waals surface area contributed by atoms with E-state index in [1.165, 1.54) is 11.3 Å². The van der Waals surface area contributed by atoms with E-state index in [1.807, 2.05) is 64.2 Å². The molecule has 0 radical (unpaired) electrons. The Bertz CT molecular complexity index is 782. The molecule has 1 atom stereocenters. The Balaban J connectivity index is 1.96. The maximum atomic E-state index is 12.7. The van der Waals surface area contributed by atoms with E-state index in [0.717, 1.165) is 24.8 Å². The summed E-state index contributed by atoms with van der Waals surface area (Å²) in [6.07, 6.45) is 0. The van der Waals surface area contributed by atoms with Crippen molar-refractivity contribution in [3.05, 3.63) is 59.5 Å². The molecule has 21 heavy (non-hydrogen) atoms. The number of nitrogens with two attached hydrogens (primary N) is 1. The third kappa shape index (κ3) is 3.04. The average Bonchev–Trinajstić information content (AvgIpc) is 2.96. The van der Waals surface area contributed by atoms with Gasteiger partial charge in [-0.15, -0.1) is 0 Å². The van der Waals surface area contributed by atoms with Crippen molar-refractivity contribution >= 4 is 49.0 Å². The van der Waals surface area contributed by atoms with Crippen molar-refractivity contribution in [2.75, 3.05) is 0 Å². The Hall–Kier alpha value is -1.20. The van der Waals surface area contributed by atoms with E-state index in [1.54, 1.807) is 0 Å². The third-order valence-corrected chi connectivity index (χ3v) is 6.44. The van der Waals surface area contributed by atoms with Crippen molar-refractivity contribution in [3.63, 3.8) is 0 Å². The fourth-order valence-corrected chi connectivity index (χ4v) is 4.63. The number of benzene rings is 2. The lowest BCUT2D eigenvalue weighted by Gasteiger charge is -2.15. The summed E-state index contributed by atoms with van der Waals surface area (Å²) in [5, 5.41) is 1.88. The van der Waals surface area contributed by atoms with Crippen LogP contribution in [0.15, 0.2) is 63.7 Å². The van der Waals surface area contributed by atoms with Crippen LogP contribution in [0.3, 0.4) is 0 Å². The first-order chi connectivity index (χ1) is 9.95. The number of hydrogen-bond acceptors (Lipinski definition) is 3. The summed E-state index contributed by atoms with van der Waals surface area (Å²) in [5.41, 5.74) is 6.09. The number of hydrogen-bond donors (Lipinski definition) is 1. The van der Waals surface area contributed by atoms with Crippen molar-refractivity contribution in [1.82, 2.24) is 0 Å². The molecule has 1 aromatic heterocycles. The van der Waals surface area contributed by atoms with Gasteiger partial charge in [0.25, 0.3) is 0 Å². The molecular weight excluding hydrogens is 296 g/mol. The van der Waals surface area contributed by atoms with Gasteiger partial charge in [0, 0.05) is 28.2 Å². The molecule has 0 saturated heterocycles. The molecular formula is C15H15B2NOS2. The average molecular weight is 311 g/mol. The lowest BCUT2D eigenvalue weighted by molar-refractivity contribution is 0.597. The fraction of sp³-hybridized carbons (Fsp3) is 0.0667. The number of fused-ring (bicyclic) bond motifs is 1. The fourth-order valence-electron chi connectivity index (χ4n) is 2.16. The molecule has 1 heterocycles. The van der Waals surface area contributed by atoms with E-state index in [2.05, 4.69) is 6.07 Å². The normalized spacial score (nSPS) is 13.4. The standard InChI is InChI=1S/C15H15B2NOS2/c16-15(17,18)13-7-8-14(20-13)21(19)12-6-5-10-3-1-2-4-11(10)9-12/h1-9H,16-18H2. The van der Waals surface area contributed by atoms with Gasteiger partial charge in [0.15, 0.2) is 4.90 Å². The zero-order valence-electron chi connectivity index (χ0n) is 12.0. The molecule has 104 valence electrons. The molecule has 0 aliphatic carbocycles. The van der Waals surface area contributed by atoms with Gasteiger partial charge in [0.2, 0.25) is 4.21 Å². The van der Waals surface area contributed by atoms with Crippen LogP contribution in [0.5, 0.6) is 0 Å². The summed E-state index contributed by atoms with van der Waals surface area (Å²) in [5.74, 6) is 0. The van der Waals surface area contributed by atoms with Crippen molar-refractivity contribution in [1.29, 1.82) is 0 Å². The summed E-state index contributed by atoms with van der Waals surface area (Å²) in [6.45, 7) is 0. The van der Waals surface area contributed by atoms with E-state index in [4.69, 9.17) is 5.73 Å². The predicted octanol–water partition coefficient (Wildman–Crippen LogP) is 1.40. The van der Waals surface area contributed by atoms with Crippen LogP contribution >= 0.6 is 11.3 Å². The van der Waals surface area contributed by atoms with Crippen molar-refractivity contribution in [2.24, 2.45) is 5.73 Å². The van der Waals surface area contributed by atoms with Gasteiger partial charge in [-0.2, -0.15) is 0 Å². The Morgan fingerprint density at radius 2 is 1.71 bits per heavy atom. The van der Waals surface area contributed by atoms with Gasteiger partial charge in [-0.3, -0.25) is 0 Å². The van der Waals surface area contributed by atoms with Crippen molar-refractivity contribution in [2.45, 2.75) is 14.4 Å². The molecule has 0 amide bonds. The molecule has 0 aliphatic heterocycles. The molecule has 0 aliphatic rings.